The van der Waals surface area contributed by atoms with E-state index in [0.29, 0.717) is 6.10 Å². The number of hydrogen-bond acceptors (Lipinski definition) is 3. The minimum atomic E-state index is 0.373. The summed E-state index contributed by atoms with van der Waals surface area (Å²) in [5, 5.41) is 3.65. The smallest absolute Gasteiger partial charge is 0.0670 e. The third-order valence-corrected chi connectivity index (χ3v) is 3.89. The Bertz CT molecular complexity index is 198. The van der Waals surface area contributed by atoms with Gasteiger partial charge in [0.05, 0.1) is 6.10 Å². The molecule has 3 atom stereocenters. The number of methoxy groups -OCH3 is 1. The molecule has 0 amide bonds. The summed E-state index contributed by atoms with van der Waals surface area (Å²) in [6.45, 7) is 6.99. The van der Waals surface area contributed by atoms with E-state index in [1.54, 1.807) is 7.11 Å². The molecule has 88 valence electrons. The van der Waals surface area contributed by atoms with Gasteiger partial charge in [-0.15, -0.1) is 0 Å². The van der Waals surface area contributed by atoms with Crippen molar-refractivity contribution in [3.05, 3.63) is 0 Å². The monoisotopic (exact) mass is 212 g/mol. The predicted octanol–water partition coefficient (Wildman–Crippen LogP) is 1.10. The molecule has 3 heteroatoms. The SMILES string of the molecule is COC(C)CN1CCC2NCCCC2C1. The van der Waals surface area contributed by atoms with Crippen molar-refractivity contribution >= 4 is 0 Å². The summed E-state index contributed by atoms with van der Waals surface area (Å²) in [5.74, 6) is 0.886. The molecule has 2 fully saturated rings. The third kappa shape index (κ3) is 2.92. The Morgan fingerprint density at radius 2 is 2.33 bits per heavy atom. The lowest BCUT2D eigenvalue weighted by Gasteiger charge is -2.42. The van der Waals surface area contributed by atoms with E-state index in [9.17, 15) is 0 Å². The summed E-state index contributed by atoms with van der Waals surface area (Å²) in [4.78, 5) is 2.57. The summed E-state index contributed by atoms with van der Waals surface area (Å²) < 4.78 is 5.33. The Hall–Kier alpha value is -0.120. The molecule has 0 aromatic heterocycles. The summed E-state index contributed by atoms with van der Waals surface area (Å²) in [7, 11) is 1.81. The average molecular weight is 212 g/mol. The van der Waals surface area contributed by atoms with Crippen LogP contribution >= 0.6 is 0 Å². The Kier molecular flexibility index (Phi) is 4.00. The van der Waals surface area contributed by atoms with E-state index in [4.69, 9.17) is 4.74 Å². The number of nitrogens with zero attached hydrogens (tertiary/aromatic N) is 1. The molecule has 0 aliphatic carbocycles. The van der Waals surface area contributed by atoms with Crippen LogP contribution in [0.2, 0.25) is 0 Å². The van der Waals surface area contributed by atoms with Crippen molar-refractivity contribution in [2.45, 2.75) is 38.3 Å². The molecule has 2 heterocycles. The first-order valence-corrected chi connectivity index (χ1v) is 6.28. The molecule has 0 bridgehead atoms. The standard InChI is InChI=1S/C12H24N2O/c1-10(15-2)8-14-7-5-12-11(9-14)4-3-6-13-12/h10-13H,3-9H2,1-2H3. The number of piperidine rings is 2. The van der Waals surface area contributed by atoms with Crippen molar-refractivity contribution in [2.24, 2.45) is 5.92 Å². The Morgan fingerprint density at radius 1 is 1.47 bits per heavy atom. The zero-order valence-electron chi connectivity index (χ0n) is 10.0. The third-order valence-electron chi connectivity index (χ3n) is 3.89. The van der Waals surface area contributed by atoms with Crippen LogP contribution in [0.3, 0.4) is 0 Å². The van der Waals surface area contributed by atoms with Crippen molar-refractivity contribution in [2.75, 3.05) is 33.3 Å². The molecule has 2 rings (SSSR count). The van der Waals surface area contributed by atoms with Crippen molar-refractivity contribution in [3.63, 3.8) is 0 Å². The van der Waals surface area contributed by atoms with Crippen LogP contribution in [0, 0.1) is 5.92 Å². The first-order chi connectivity index (χ1) is 7.29. The molecule has 3 unspecified atom stereocenters. The highest BCUT2D eigenvalue weighted by molar-refractivity contribution is 4.88. The van der Waals surface area contributed by atoms with Crippen LogP contribution in [0.4, 0.5) is 0 Å². The Labute approximate surface area is 93.2 Å². The second-order valence-electron chi connectivity index (χ2n) is 5.06. The van der Waals surface area contributed by atoms with Crippen molar-refractivity contribution < 1.29 is 4.74 Å². The van der Waals surface area contributed by atoms with Gasteiger partial charge in [-0.1, -0.05) is 0 Å². The van der Waals surface area contributed by atoms with Crippen LogP contribution in [0.1, 0.15) is 26.2 Å². The maximum Gasteiger partial charge on any atom is 0.0670 e. The summed E-state index contributed by atoms with van der Waals surface area (Å²) >= 11 is 0. The van der Waals surface area contributed by atoms with Crippen molar-refractivity contribution in [1.82, 2.24) is 10.2 Å². The van der Waals surface area contributed by atoms with Crippen molar-refractivity contribution in [3.8, 4) is 0 Å². The molecule has 2 aliphatic heterocycles. The topological polar surface area (TPSA) is 24.5 Å². The number of nitrogens with one attached hydrogen (secondary N) is 1. The molecule has 1 N–H and O–H groups in total. The van der Waals surface area contributed by atoms with Gasteiger partial charge in [-0.3, -0.25) is 0 Å². The zero-order valence-corrected chi connectivity index (χ0v) is 10.0. The number of ether oxygens (including phenoxy) is 1. The number of likely N-dealkylation sites (tertiary alicyclic amines) is 1. The van der Waals surface area contributed by atoms with Gasteiger partial charge in [0.1, 0.15) is 0 Å². The molecule has 0 radical (unpaired) electrons. The van der Waals surface area contributed by atoms with Gasteiger partial charge in [-0.2, -0.15) is 0 Å². The van der Waals surface area contributed by atoms with E-state index in [-0.39, 0.29) is 0 Å². The summed E-state index contributed by atoms with van der Waals surface area (Å²) in [6, 6.07) is 0.799. The van der Waals surface area contributed by atoms with Gasteiger partial charge >= 0.3 is 0 Å². The van der Waals surface area contributed by atoms with E-state index < -0.39 is 0 Å². The zero-order chi connectivity index (χ0) is 10.7. The number of hydrogen-bond donors (Lipinski definition) is 1. The highest BCUT2D eigenvalue weighted by Gasteiger charge is 2.31. The Balaban J connectivity index is 1.80. The van der Waals surface area contributed by atoms with Crippen LogP contribution < -0.4 is 5.32 Å². The summed E-state index contributed by atoms with van der Waals surface area (Å²) in [5.41, 5.74) is 0. The highest BCUT2D eigenvalue weighted by Crippen LogP contribution is 2.24. The molecule has 3 nitrogen and oxygen atoms in total. The second kappa shape index (κ2) is 5.28. The number of fused-ring (bicyclic) bond motifs is 1. The highest BCUT2D eigenvalue weighted by atomic mass is 16.5. The van der Waals surface area contributed by atoms with Gasteiger partial charge in [0.25, 0.3) is 0 Å². The van der Waals surface area contributed by atoms with Gasteiger partial charge < -0.3 is 15.0 Å². The predicted molar refractivity (Wildman–Crippen MR) is 62.0 cm³/mol. The van der Waals surface area contributed by atoms with E-state index in [1.807, 2.05) is 0 Å². The minimum Gasteiger partial charge on any atom is -0.380 e. The second-order valence-corrected chi connectivity index (χ2v) is 5.06. The van der Waals surface area contributed by atoms with E-state index in [0.717, 1.165) is 18.5 Å². The largest absolute Gasteiger partial charge is 0.380 e. The number of rotatable bonds is 3. The average Bonchev–Trinajstić information content (AvgIpc) is 2.29. The lowest BCUT2D eigenvalue weighted by atomic mass is 9.85. The fourth-order valence-electron chi connectivity index (χ4n) is 2.92. The maximum absolute atomic E-state index is 5.33. The van der Waals surface area contributed by atoms with Crippen LogP contribution in [-0.4, -0.2) is 50.3 Å². The lowest BCUT2D eigenvalue weighted by molar-refractivity contribution is 0.0443. The van der Waals surface area contributed by atoms with Gasteiger partial charge in [0.2, 0.25) is 0 Å². The first kappa shape index (κ1) is 11.4. The lowest BCUT2D eigenvalue weighted by Crippen LogP contribution is -2.53. The van der Waals surface area contributed by atoms with Crippen LogP contribution in [0.25, 0.3) is 0 Å². The molecule has 2 saturated heterocycles. The molecule has 15 heavy (non-hydrogen) atoms. The van der Waals surface area contributed by atoms with Gasteiger partial charge in [-0.25, -0.2) is 0 Å². The van der Waals surface area contributed by atoms with Gasteiger partial charge in [0.15, 0.2) is 0 Å². The van der Waals surface area contributed by atoms with E-state index in [2.05, 4.69) is 17.1 Å². The van der Waals surface area contributed by atoms with Gasteiger partial charge in [-0.05, 0) is 45.2 Å². The Morgan fingerprint density at radius 3 is 3.13 bits per heavy atom. The molecule has 0 saturated carbocycles. The first-order valence-electron chi connectivity index (χ1n) is 6.28. The molecular weight excluding hydrogens is 188 g/mol. The maximum atomic E-state index is 5.33. The molecular formula is C12H24N2O. The summed E-state index contributed by atoms with van der Waals surface area (Å²) in [6.07, 6.45) is 4.46. The van der Waals surface area contributed by atoms with Gasteiger partial charge in [0, 0.05) is 26.2 Å². The molecule has 0 spiro atoms. The van der Waals surface area contributed by atoms with Crippen LogP contribution in [0.5, 0.6) is 0 Å². The van der Waals surface area contributed by atoms with Crippen LogP contribution in [0.15, 0.2) is 0 Å². The molecule has 2 aliphatic rings. The fraction of sp³-hybridized carbons (Fsp3) is 1.00. The van der Waals surface area contributed by atoms with E-state index >= 15 is 0 Å². The van der Waals surface area contributed by atoms with E-state index in [1.165, 1.54) is 38.9 Å². The molecule has 0 aromatic rings. The minimum absolute atomic E-state index is 0.373. The van der Waals surface area contributed by atoms with Crippen molar-refractivity contribution in [1.29, 1.82) is 0 Å². The quantitative estimate of drug-likeness (QED) is 0.758. The molecule has 0 aromatic carbocycles. The van der Waals surface area contributed by atoms with Crippen LogP contribution in [-0.2, 0) is 4.74 Å². The normalized spacial score (nSPS) is 34.8. The fourth-order valence-corrected chi connectivity index (χ4v) is 2.92.